The van der Waals surface area contributed by atoms with Crippen molar-refractivity contribution in [2.75, 3.05) is 4.90 Å². The van der Waals surface area contributed by atoms with E-state index in [0.717, 1.165) is 21.5 Å². The number of hydrogen-bond acceptors (Lipinski definition) is 2. The first kappa shape index (κ1) is 27.2. The van der Waals surface area contributed by atoms with Gasteiger partial charge in [-0.15, -0.1) is 0 Å². The van der Waals surface area contributed by atoms with Crippen molar-refractivity contribution < 1.29 is 0 Å². The number of para-hydroxylation sites is 2. The van der Waals surface area contributed by atoms with Gasteiger partial charge in [0.2, 0.25) is 0 Å². The molecule has 0 atom stereocenters. The predicted molar refractivity (Wildman–Crippen MR) is 199 cm³/mol. The summed E-state index contributed by atoms with van der Waals surface area (Å²) in [6.07, 6.45) is 0. The number of aromatic nitrogens is 1. The standard InChI is InChI=1S/C42H27N2SSe/c46-41-27-31(22-24-32(41)28-12-3-1-4-13-28)43(38-19-11-21-40-42(38)34-17-8-10-20-39(34)45-40)30-23-25-37-35(26-30)33-16-7-9-18-36(33)44(37)29-14-5-2-6-15-29/h1-27H. The molecule has 0 aliphatic carbocycles. The molecule has 0 saturated heterocycles. The van der Waals surface area contributed by atoms with Crippen molar-refractivity contribution in [3.05, 3.63) is 164 Å². The molecule has 1 radical (unpaired) electrons. The van der Waals surface area contributed by atoms with Crippen LogP contribution in [0, 0.1) is 0 Å². The first-order valence-electron chi connectivity index (χ1n) is 15.4. The summed E-state index contributed by atoms with van der Waals surface area (Å²) in [5.41, 5.74) is 9.37. The molecular formula is C42H27N2SSe. The van der Waals surface area contributed by atoms with Gasteiger partial charge in [-0.1, -0.05) is 6.07 Å². The second kappa shape index (κ2) is 11.0. The van der Waals surface area contributed by atoms with Crippen LogP contribution in [0.15, 0.2) is 164 Å². The molecular weight excluding hydrogens is 644 g/mol. The van der Waals surface area contributed by atoms with E-state index in [2.05, 4.69) is 189 Å². The van der Waals surface area contributed by atoms with E-state index >= 15 is 0 Å². The fourth-order valence-corrected chi connectivity index (χ4v) is 8.60. The van der Waals surface area contributed by atoms with Gasteiger partial charge in [-0.2, -0.15) is 0 Å². The van der Waals surface area contributed by atoms with Crippen LogP contribution in [0.25, 0.3) is 58.8 Å². The molecule has 2 aromatic heterocycles. The maximum absolute atomic E-state index is 3.38. The van der Waals surface area contributed by atoms with Gasteiger partial charge in [0, 0.05) is 0 Å². The summed E-state index contributed by atoms with van der Waals surface area (Å²) in [7, 11) is 0. The van der Waals surface area contributed by atoms with Gasteiger partial charge in [-0.3, -0.25) is 0 Å². The third-order valence-electron chi connectivity index (χ3n) is 8.86. The Bertz CT molecular complexity index is 2550. The Hall–Kier alpha value is -5.12. The molecule has 0 saturated carbocycles. The van der Waals surface area contributed by atoms with Gasteiger partial charge in [-0.05, 0) is 0 Å². The zero-order valence-electron chi connectivity index (χ0n) is 24.8. The fraction of sp³-hybridized carbons (Fsp3) is 0. The van der Waals surface area contributed by atoms with Crippen molar-refractivity contribution in [3.8, 4) is 16.8 Å². The number of anilines is 3. The summed E-state index contributed by atoms with van der Waals surface area (Å²) in [4.78, 5) is 2.44. The zero-order chi connectivity index (χ0) is 30.6. The van der Waals surface area contributed by atoms with Gasteiger partial charge in [0.25, 0.3) is 0 Å². The van der Waals surface area contributed by atoms with Gasteiger partial charge >= 0.3 is 275 Å². The average molecular weight is 671 g/mol. The third kappa shape index (κ3) is 4.38. The molecule has 9 aromatic rings. The summed E-state index contributed by atoms with van der Waals surface area (Å²) in [5, 5.41) is 5.04. The first-order valence-corrected chi connectivity index (χ1v) is 17.1. The predicted octanol–water partition coefficient (Wildman–Crippen LogP) is 11.1. The number of hydrogen-bond donors (Lipinski definition) is 0. The Morgan fingerprint density at radius 2 is 1.15 bits per heavy atom. The molecule has 0 amide bonds. The van der Waals surface area contributed by atoms with Crippen LogP contribution in [0.1, 0.15) is 0 Å². The molecule has 7 aromatic carbocycles. The fourth-order valence-electron chi connectivity index (χ4n) is 6.83. The monoisotopic (exact) mass is 671 g/mol. The van der Waals surface area contributed by atoms with Crippen LogP contribution in [-0.4, -0.2) is 20.6 Å². The van der Waals surface area contributed by atoms with E-state index in [1.807, 2.05) is 11.3 Å². The van der Waals surface area contributed by atoms with E-state index in [-0.39, 0.29) is 0 Å². The van der Waals surface area contributed by atoms with E-state index in [1.165, 1.54) is 58.8 Å². The zero-order valence-corrected chi connectivity index (χ0v) is 27.3. The SMILES string of the molecule is [Se]c1cc(N(c2ccc3c(c2)c2ccccc2n3-c2ccccc2)c2cccc3sc4ccccc4c23)ccc1-c1ccccc1. The Morgan fingerprint density at radius 3 is 1.98 bits per heavy atom. The molecule has 46 heavy (non-hydrogen) atoms. The van der Waals surface area contributed by atoms with Gasteiger partial charge in [0.05, 0.1) is 0 Å². The average Bonchev–Trinajstić information content (AvgIpc) is 3.65. The molecule has 0 fully saturated rings. The molecule has 0 N–H and O–H groups in total. The van der Waals surface area contributed by atoms with E-state index in [9.17, 15) is 0 Å². The van der Waals surface area contributed by atoms with Crippen molar-refractivity contribution in [1.29, 1.82) is 0 Å². The minimum absolute atomic E-state index is 1.11. The minimum atomic E-state index is 1.11. The molecule has 2 heterocycles. The number of rotatable bonds is 5. The molecule has 0 bridgehead atoms. The maximum atomic E-state index is 3.38. The second-order valence-electron chi connectivity index (χ2n) is 11.5. The number of fused-ring (bicyclic) bond motifs is 6. The number of benzene rings is 7. The van der Waals surface area contributed by atoms with Gasteiger partial charge in [0.1, 0.15) is 0 Å². The number of thiophene rings is 1. The molecule has 0 aliphatic rings. The van der Waals surface area contributed by atoms with Crippen LogP contribution in [0.2, 0.25) is 0 Å². The van der Waals surface area contributed by atoms with Crippen LogP contribution in [0.4, 0.5) is 17.1 Å². The van der Waals surface area contributed by atoms with Crippen molar-refractivity contribution >= 4 is 90.9 Å². The molecule has 2 nitrogen and oxygen atoms in total. The first-order chi connectivity index (χ1) is 22.7. The van der Waals surface area contributed by atoms with Crippen LogP contribution < -0.4 is 9.36 Å². The van der Waals surface area contributed by atoms with E-state index in [4.69, 9.17) is 0 Å². The Kier molecular flexibility index (Phi) is 6.53. The Balaban J connectivity index is 1.32. The van der Waals surface area contributed by atoms with Crippen LogP contribution in [0.5, 0.6) is 0 Å². The molecule has 0 unspecified atom stereocenters. The van der Waals surface area contributed by atoms with Crippen molar-refractivity contribution in [2.24, 2.45) is 0 Å². The summed E-state index contributed by atoms with van der Waals surface area (Å²) in [6, 6.07) is 59.2. The van der Waals surface area contributed by atoms with Gasteiger partial charge < -0.3 is 0 Å². The molecule has 4 heteroatoms. The van der Waals surface area contributed by atoms with Gasteiger partial charge in [0.15, 0.2) is 0 Å². The van der Waals surface area contributed by atoms with Gasteiger partial charge in [-0.25, -0.2) is 0 Å². The Labute approximate surface area is 279 Å². The van der Waals surface area contributed by atoms with Crippen LogP contribution in [-0.2, 0) is 0 Å². The molecule has 0 spiro atoms. The summed E-state index contributed by atoms with van der Waals surface area (Å²) < 4.78 is 6.09. The van der Waals surface area contributed by atoms with Crippen LogP contribution >= 0.6 is 11.3 Å². The van der Waals surface area contributed by atoms with Crippen molar-refractivity contribution in [2.45, 2.75) is 0 Å². The topological polar surface area (TPSA) is 8.17 Å². The second-order valence-corrected chi connectivity index (χ2v) is 13.5. The Morgan fingerprint density at radius 1 is 0.500 bits per heavy atom. The molecule has 0 aliphatic heterocycles. The van der Waals surface area contributed by atoms with Crippen LogP contribution in [0.3, 0.4) is 0 Å². The summed E-state index contributed by atoms with van der Waals surface area (Å²) >= 11 is 5.23. The van der Waals surface area contributed by atoms with E-state index in [0.29, 0.717) is 0 Å². The molecule has 217 valence electrons. The number of nitrogens with zero attached hydrogens (tertiary/aromatic N) is 2. The van der Waals surface area contributed by atoms with E-state index in [1.54, 1.807) is 0 Å². The summed E-state index contributed by atoms with van der Waals surface area (Å²) in [5.74, 6) is 0. The molecule has 9 rings (SSSR count). The normalized spacial score (nSPS) is 11.6. The third-order valence-corrected chi connectivity index (χ3v) is 10.7. The quantitative estimate of drug-likeness (QED) is 0.166. The summed E-state index contributed by atoms with van der Waals surface area (Å²) in [6.45, 7) is 0. The van der Waals surface area contributed by atoms with E-state index < -0.39 is 0 Å². The van der Waals surface area contributed by atoms with Crippen molar-refractivity contribution in [3.63, 3.8) is 0 Å². The van der Waals surface area contributed by atoms with Crippen molar-refractivity contribution in [1.82, 2.24) is 4.57 Å².